The summed E-state index contributed by atoms with van der Waals surface area (Å²) in [6.07, 6.45) is 6.24. The van der Waals surface area contributed by atoms with Gasteiger partial charge in [-0.2, -0.15) is 0 Å². The van der Waals surface area contributed by atoms with Crippen LogP contribution in [0.3, 0.4) is 0 Å². The number of benzene rings is 1. The van der Waals surface area contributed by atoms with Gasteiger partial charge in [-0.1, -0.05) is 11.6 Å². The van der Waals surface area contributed by atoms with Gasteiger partial charge in [0.25, 0.3) is 0 Å². The summed E-state index contributed by atoms with van der Waals surface area (Å²) in [5, 5.41) is 4.10. The van der Waals surface area contributed by atoms with Crippen molar-refractivity contribution in [3.8, 4) is 5.75 Å². The fourth-order valence-electron chi connectivity index (χ4n) is 3.61. The first-order valence-corrected chi connectivity index (χ1v) is 10.7. The zero-order valence-electron chi connectivity index (χ0n) is 16.7. The number of aliphatic imine (C=N–C) groups is 1. The topological polar surface area (TPSA) is 55.3 Å². The lowest BCUT2D eigenvalue weighted by Crippen LogP contribution is -2.48. The van der Waals surface area contributed by atoms with Crippen LogP contribution in [0.4, 0.5) is 0 Å². The van der Waals surface area contributed by atoms with Gasteiger partial charge in [-0.3, -0.25) is 4.99 Å². The molecular formula is C21H32ClN3O3. The molecule has 2 heterocycles. The number of ether oxygens (including phenoxy) is 3. The van der Waals surface area contributed by atoms with E-state index in [-0.39, 0.29) is 0 Å². The Morgan fingerprint density at radius 2 is 2.00 bits per heavy atom. The molecule has 0 saturated carbocycles. The summed E-state index contributed by atoms with van der Waals surface area (Å²) in [6, 6.07) is 7.41. The van der Waals surface area contributed by atoms with E-state index in [0.717, 1.165) is 57.3 Å². The Morgan fingerprint density at radius 3 is 2.68 bits per heavy atom. The zero-order valence-corrected chi connectivity index (χ0v) is 17.5. The van der Waals surface area contributed by atoms with Crippen molar-refractivity contribution in [2.24, 2.45) is 4.99 Å². The highest BCUT2D eigenvalue weighted by Crippen LogP contribution is 2.18. The number of nitrogens with zero attached hydrogens (tertiary/aromatic N) is 2. The monoisotopic (exact) mass is 409 g/mol. The highest BCUT2D eigenvalue weighted by atomic mass is 35.5. The van der Waals surface area contributed by atoms with E-state index < -0.39 is 0 Å². The molecule has 1 atom stereocenters. The van der Waals surface area contributed by atoms with Crippen LogP contribution >= 0.6 is 11.6 Å². The Balaban J connectivity index is 1.31. The zero-order chi connectivity index (χ0) is 19.6. The standard InChI is InChI=1S/C21H32ClN3O3/c1-23-21(24-11-15-27-18-7-5-17(22)6-8-18)25-12-9-19(10-13-25)28-16-20-4-2-3-14-26-20/h5-8,19-20H,2-4,9-16H2,1H3,(H,23,24). The van der Waals surface area contributed by atoms with Crippen LogP contribution in [-0.4, -0.2) is 69.6 Å². The molecule has 2 fully saturated rings. The lowest BCUT2D eigenvalue weighted by molar-refractivity contribution is -0.0721. The van der Waals surface area contributed by atoms with Crippen LogP contribution in [0.15, 0.2) is 29.3 Å². The molecule has 0 amide bonds. The molecule has 1 aromatic carbocycles. The van der Waals surface area contributed by atoms with Gasteiger partial charge in [-0.15, -0.1) is 0 Å². The van der Waals surface area contributed by atoms with Crippen LogP contribution in [0.25, 0.3) is 0 Å². The molecule has 0 aromatic heterocycles. The average molecular weight is 410 g/mol. The van der Waals surface area contributed by atoms with E-state index in [4.69, 9.17) is 25.8 Å². The number of likely N-dealkylation sites (tertiary alicyclic amines) is 1. The van der Waals surface area contributed by atoms with Crippen LogP contribution in [0, 0.1) is 0 Å². The van der Waals surface area contributed by atoms with E-state index in [1.54, 1.807) is 0 Å². The summed E-state index contributed by atoms with van der Waals surface area (Å²) in [4.78, 5) is 6.70. The Morgan fingerprint density at radius 1 is 1.21 bits per heavy atom. The van der Waals surface area contributed by atoms with E-state index in [9.17, 15) is 0 Å². The number of hydrogen-bond donors (Lipinski definition) is 1. The maximum absolute atomic E-state index is 6.10. The summed E-state index contributed by atoms with van der Waals surface area (Å²) in [5.41, 5.74) is 0. The molecule has 28 heavy (non-hydrogen) atoms. The number of piperidine rings is 1. The molecule has 3 rings (SSSR count). The molecule has 0 bridgehead atoms. The van der Waals surface area contributed by atoms with Gasteiger partial charge in [0.15, 0.2) is 5.96 Å². The quantitative estimate of drug-likeness (QED) is 0.425. The third-order valence-electron chi connectivity index (χ3n) is 5.21. The average Bonchev–Trinajstić information content (AvgIpc) is 2.75. The van der Waals surface area contributed by atoms with E-state index in [1.807, 2.05) is 31.3 Å². The lowest BCUT2D eigenvalue weighted by Gasteiger charge is -2.35. The largest absolute Gasteiger partial charge is 0.492 e. The Labute approximate surface area is 173 Å². The third kappa shape index (κ3) is 6.83. The van der Waals surface area contributed by atoms with E-state index in [1.165, 1.54) is 12.8 Å². The van der Waals surface area contributed by atoms with Crippen molar-refractivity contribution in [1.29, 1.82) is 0 Å². The Hall–Kier alpha value is -1.50. The minimum absolute atomic E-state index is 0.293. The summed E-state index contributed by atoms with van der Waals surface area (Å²) in [5.74, 6) is 1.75. The van der Waals surface area contributed by atoms with Crippen molar-refractivity contribution < 1.29 is 14.2 Å². The second kappa shape index (κ2) is 11.5. The molecule has 0 aliphatic carbocycles. The minimum atomic E-state index is 0.293. The molecule has 2 saturated heterocycles. The molecule has 0 spiro atoms. The lowest BCUT2D eigenvalue weighted by atomic mass is 10.1. The molecule has 1 N–H and O–H groups in total. The van der Waals surface area contributed by atoms with Crippen molar-refractivity contribution in [3.05, 3.63) is 29.3 Å². The molecule has 156 valence electrons. The second-order valence-electron chi connectivity index (χ2n) is 7.28. The van der Waals surface area contributed by atoms with Crippen molar-refractivity contribution in [3.63, 3.8) is 0 Å². The summed E-state index contributed by atoms with van der Waals surface area (Å²) in [7, 11) is 1.82. The molecule has 7 heteroatoms. The first-order valence-electron chi connectivity index (χ1n) is 10.3. The highest BCUT2D eigenvalue weighted by molar-refractivity contribution is 6.30. The highest BCUT2D eigenvalue weighted by Gasteiger charge is 2.23. The predicted octanol–water partition coefficient (Wildman–Crippen LogP) is 3.34. The maximum atomic E-state index is 6.10. The van der Waals surface area contributed by atoms with Gasteiger partial charge < -0.3 is 24.4 Å². The van der Waals surface area contributed by atoms with Gasteiger partial charge >= 0.3 is 0 Å². The molecule has 0 radical (unpaired) electrons. The normalized spacial score (nSPS) is 21.6. The predicted molar refractivity (Wildman–Crippen MR) is 112 cm³/mol. The first kappa shape index (κ1) is 21.2. The van der Waals surface area contributed by atoms with E-state index in [0.29, 0.717) is 30.4 Å². The van der Waals surface area contributed by atoms with Gasteiger partial charge in [0.2, 0.25) is 0 Å². The minimum Gasteiger partial charge on any atom is -0.492 e. The van der Waals surface area contributed by atoms with Crippen LogP contribution < -0.4 is 10.1 Å². The Kier molecular flexibility index (Phi) is 8.70. The number of rotatable bonds is 7. The number of hydrogen-bond acceptors (Lipinski definition) is 4. The van der Waals surface area contributed by atoms with Crippen LogP contribution in [0.5, 0.6) is 5.75 Å². The third-order valence-corrected chi connectivity index (χ3v) is 5.46. The summed E-state index contributed by atoms with van der Waals surface area (Å²) in [6.45, 7) is 4.80. The van der Waals surface area contributed by atoms with Crippen LogP contribution in [-0.2, 0) is 9.47 Å². The number of nitrogens with one attached hydrogen (secondary N) is 1. The van der Waals surface area contributed by atoms with Gasteiger partial charge in [0, 0.05) is 31.8 Å². The summed E-state index contributed by atoms with van der Waals surface area (Å²) < 4.78 is 17.6. The number of halogens is 1. The fraction of sp³-hybridized carbons (Fsp3) is 0.667. The molecule has 2 aliphatic rings. The first-order chi connectivity index (χ1) is 13.7. The molecule has 1 aromatic rings. The van der Waals surface area contributed by atoms with E-state index in [2.05, 4.69) is 15.2 Å². The van der Waals surface area contributed by atoms with Crippen LogP contribution in [0.1, 0.15) is 32.1 Å². The van der Waals surface area contributed by atoms with Gasteiger partial charge in [0.1, 0.15) is 12.4 Å². The molecular weight excluding hydrogens is 378 g/mol. The molecule has 1 unspecified atom stereocenters. The maximum Gasteiger partial charge on any atom is 0.193 e. The Bertz CT molecular complexity index is 597. The summed E-state index contributed by atoms with van der Waals surface area (Å²) >= 11 is 5.88. The molecule has 2 aliphatic heterocycles. The van der Waals surface area contributed by atoms with Gasteiger partial charge in [-0.25, -0.2) is 0 Å². The smallest absolute Gasteiger partial charge is 0.193 e. The second-order valence-corrected chi connectivity index (χ2v) is 7.72. The fourth-order valence-corrected chi connectivity index (χ4v) is 3.74. The van der Waals surface area contributed by atoms with Crippen molar-refractivity contribution in [1.82, 2.24) is 10.2 Å². The van der Waals surface area contributed by atoms with Crippen molar-refractivity contribution in [2.45, 2.75) is 44.3 Å². The SMILES string of the molecule is CN=C(NCCOc1ccc(Cl)cc1)N1CCC(OCC2CCCCO2)CC1. The van der Waals surface area contributed by atoms with E-state index >= 15 is 0 Å². The van der Waals surface area contributed by atoms with Crippen LogP contribution in [0.2, 0.25) is 5.02 Å². The van der Waals surface area contributed by atoms with Crippen molar-refractivity contribution in [2.75, 3.05) is 46.5 Å². The van der Waals surface area contributed by atoms with Gasteiger partial charge in [0.05, 0.1) is 25.4 Å². The molecule has 6 nitrogen and oxygen atoms in total. The number of guanidine groups is 1. The van der Waals surface area contributed by atoms with Crippen molar-refractivity contribution >= 4 is 17.6 Å². The van der Waals surface area contributed by atoms with Gasteiger partial charge in [-0.05, 0) is 56.4 Å².